The summed E-state index contributed by atoms with van der Waals surface area (Å²) in [6, 6.07) is 35.0. The molecule has 0 bridgehead atoms. The van der Waals surface area contributed by atoms with Crippen LogP contribution in [0.2, 0.25) is 0 Å². The van der Waals surface area contributed by atoms with Gasteiger partial charge in [-0.3, -0.25) is 4.98 Å². The van der Waals surface area contributed by atoms with Gasteiger partial charge >= 0.3 is 0 Å². The summed E-state index contributed by atoms with van der Waals surface area (Å²) in [4.78, 5) is 13.5. The summed E-state index contributed by atoms with van der Waals surface area (Å²) in [5.74, 6) is 1.98. The highest BCUT2D eigenvalue weighted by atomic mass is 16.6. The van der Waals surface area contributed by atoms with E-state index in [1.165, 1.54) is 27.1 Å². The van der Waals surface area contributed by atoms with Gasteiger partial charge in [-0.2, -0.15) is 0 Å². The Morgan fingerprint density at radius 3 is 1.53 bits per heavy atom. The Labute approximate surface area is 218 Å². The Morgan fingerprint density at radius 2 is 0.947 bits per heavy atom. The third kappa shape index (κ3) is 3.15. The number of para-hydroxylation sites is 2. The SMILES string of the molecule is c1ccc2nc3c(nc2c1)Oc1ccc(-c2c4ccccc4c(-c4ccncc4)c4ccccc24)cc1O3. The first-order valence-corrected chi connectivity index (χ1v) is 12.4. The zero-order chi connectivity index (χ0) is 25.1. The topological polar surface area (TPSA) is 57.1 Å². The van der Waals surface area contributed by atoms with Gasteiger partial charge < -0.3 is 9.47 Å². The number of nitrogens with zero attached hydrogens (tertiary/aromatic N) is 3. The van der Waals surface area contributed by atoms with Crippen LogP contribution in [0.1, 0.15) is 0 Å². The highest BCUT2D eigenvalue weighted by Crippen LogP contribution is 2.48. The van der Waals surface area contributed by atoms with E-state index in [0.29, 0.717) is 23.3 Å². The molecule has 178 valence electrons. The van der Waals surface area contributed by atoms with Crippen LogP contribution in [-0.2, 0) is 0 Å². The van der Waals surface area contributed by atoms with Gasteiger partial charge in [-0.25, -0.2) is 9.97 Å². The van der Waals surface area contributed by atoms with Crippen molar-refractivity contribution in [3.05, 3.63) is 116 Å². The molecule has 5 aromatic carbocycles. The molecule has 8 rings (SSSR count). The number of rotatable bonds is 2. The van der Waals surface area contributed by atoms with E-state index in [9.17, 15) is 0 Å². The molecule has 3 heterocycles. The second-order valence-electron chi connectivity index (χ2n) is 9.27. The average molecular weight is 490 g/mol. The Kier molecular flexibility index (Phi) is 4.45. The molecule has 0 unspecified atom stereocenters. The van der Waals surface area contributed by atoms with Crippen molar-refractivity contribution >= 4 is 32.6 Å². The number of ether oxygens (including phenoxy) is 2. The molecule has 0 N–H and O–H groups in total. The van der Waals surface area contributed by atoms with E-state index in [-0.39, 0.29) is 0 Å². The molecule has 0 aliphatic carbocycles. The summed E-state index contributed by atoms with van der Waals surface area (Å²) >= 11 is 0. The van der Waals surface area contributed by atoms with Gasteiger partial charge in [-0.1, -0.05) is 66.7 Å². The van der Waals surface area contributed by atoms with Crippen LogP contribution in [0.5, 0.6) is 23.3 Å². The van der Waals surface area contributed by atoms with Gasteiger partial charge in [0.2, 0.25) is 0 Å². The number of aromatic nitrogens is 3. The maximum atomic E-state index is 6.26. The van der Waals surface area contributed by atoms with Gasteiger partial charge in [0.15, 0.2) is 11.5 Å². The lowest BCUT2D eigenvalue weighted by molar-refractivity contribution is 0.339. The standard InChI is InChI=1S/C33H19N3O2/c1-3-9-24-22(7-1)30(20-15-17-34-18-16-20)23-8-2-4-10-25(23)31(24)21-13-14-28-29(19-21)38-33-32(37-28)35-26-11-5-6-12-27(26)36-33/h1-19H. The minimum Gasteiger partial charge on any atom is -0.431 e. The fourth-order valence-electron chi connectivity index (χ4n) is 5.41. The normalized spacial score (nSPS) is 12.1. The van der Waals surface area contributed by atoms with Crippen molar-refractivity contribution < 1.29 is 9.47 Å². The lowest BCUT2D eigenvalue weighted by Crippen LogP contribution is -2.03. The van der Waals surface area contributed by atoms with E-state index in [1.54, 1.807) is 0 Å². The first kappa shape index (κ1) is 20.9. The Hall–Kier alpha value is -5.29. The van der Waals surface area contributed by atoms with Crippen molar-refractivity contribution in [2.24, 2.45) is 0 Å². The summed E-state index contributed by atoms with van der Waals surface area (Å²) in [7, 11) is 0. The summed E-state index contributed by atoms with van der Waals surface area (Å²) in [6.45, 7) is 0. The van der Waals surface area contributed by atoms with Crippen molar-refractivity contribution in [3.8, 4) is 45.5 Å². The van der Waals surface area contributed by atoms with Gasteiger partial charge in [0, 0.05) is 12.4 Å². The second kappa shape index (κ2) is 8.11. The number of hydrogen-bond donors (Lipinski definition) is 0. The molecule has 38 heavy (non-hydrogen) atoms. The molecule has 0 radical (unpaired) electrons. The molecule has 5 heteroatoms. The summed E-state index contributed by atoms with van der Waals surface area (Å²) in [6.07, 6.45) is 3.69. The molecule has 1 aliphatic rings. The van der Waals surface area contributed by atoms with Crippen LogP contribution in [-0.4, -0.2) is 15.0 Å². The maximum Gasteiger partial charge on any atom is 0.284 e. The molecule has 0 saturated carbocycles. The van der Waals surface area contributed by atoms with E-state index in [1.807, 2.05) is 48.8 Å². The highest BCUT2D eigenvalue weighted by molar-refractivity contribution is 6.21. The number of benzene rings is 5. The first-order chi connectivity index (χ1) is 18.8. The zero-order valence-electron chi connectivity index (χ0n) is 20.1. The van der Waals surface area contributed by atoms with Crippen LogP contribution < -0.4 is 9.47 Å². The molecule has 0 spiro atoms. The lowest BCUT2D eigenvalue weighted by Gasteiger charge is -2.21. The van der Waals surface area contributed by atoms with E-state index in [4.69, 9.17) is 9.47 Å². The average Bonchev–Trinajstić information content (AvgIpc) is 2.98. The molecule has 0 atom stereocenters. The van der Waals surface area contributed by atoms with Gasteiger partial charge in [0.05, 0.1) is 11.0 Å². The minimum absolute atomic E-state index is 0.371. The molecule has 5 nitrogen and oxygen atoms in total. The number of fused-ring (bicyclic) bond motifs is 5. The summed E-state index contributed by atoms with van der Waals surface area (Å²) < 4.78 is 12.4. The van der Waals surface area contributed by atoms with E-state index < -0.39 is 0 Å². The predicted octanol–water partition coefficient (Wildman–Crippen LogP) is 8.56. The lowest BCUT2D eigenvalue weighted by atomic mass is 9.86. The van der Waals surface area contributed by atoms with Gasteiger partial charge in [-0.05, 0) is 80.2 Å². The van der Waals surface area contributed by atoms with Crippen molar-refractivity contribution in [2.75, 3.05) is 0 Å². The smallest absolute Gasteiger partial charge is 0.284 e. The van der Waals surface area contributed by atoms with E-state index >= 15 is 0 Å². The maximum absolute atomic E-state index is 6.26. The quantitative estimate of drug-likeness (QED) is 0.228. The van der Waals surface area contributed by atoms with Crippen molar-refractivity contribution in [1.82, 2.24) is 15.0 Å². The van der Waals surface area contributed by atoms with Gasteiger partial charge in [-0.15, -0.1) is 0 Å². The minimum atomic E-state index is 0.371. The van der Waals surface area contributed by atoms with Gasteiger partial charge in [0.1, 0.15) is 0 Å². The highest BCUT2D eigenvalue weighted by Gasteiger charge is 2.24. The Balaban J connectivity index is 1.35. The fraction of sp³-hybridized carbons (Fsp3) is 0. The summed E-state index contributed by atoms with van der Waals surface area (Å²) in [5, 5.41) is 4.71. The van der Waals surface area contributed by atoms with E-state index in [0.717, 1.165) is 27.7 Å². The zero-order valence-corrected chi connectivity index (χ0v) is 20.1. The molecule has 0 fully saturated rings. The van der Waals surface area contributed by atoms with E-state index in [2.05, 4.69) is 81.7 Å². The predicted molar refractivity (Wildman–Crippen MR) is 150 cm³/mol. The van der Waals surface area contributed by atoms with Crippen molar-refractivity contribution in [1.29, 1.82) is 0 Å². The molecule has 0 amide bonds. The van der Waals surface area contributed by atoms with Crippen LogP contribution in [0.4, 0.5) is 0 Å². The third-order valence-electron chi connectivity index (χ3n) is 7.05. The molecule has 7 aromatic rings. The number of pyridine rings is 1. The van der Waals surface area contributed by atoms with Crippen LogP contribution in [0.15, 0.2) is 116 Å². The molecule has 0 saturated heterocycles. The number of hydrogen-bond acceptors (Lipinski definition) is 5. The second-order valence-corrected chi connectivity index (χ2v) is 9.27. The van der Waals surface area contributed by atoms with Crippen LogP contribution in [0, 0.1) is 0 Å². The molecule has 2 aromatic heterocycles. The summed E-state index contributed by atoms with van der Waals surface area (Å²) in [5.41, 5.74) is 6.06. The molecular weight excluding hydrogens is 470 g/mol. The van der Waals surface area contributed by atoms with Crippen molar-refractivity contribution in [2.45, 2.75) is 0 Å². The largest absolute Gasteiger partial charge is 0.431 e. The molecule has 1 aliphatic heterocycles. The Morgan fingerprint density at radius 1 is 0.447 bits per heavy atom. The van der Waals surface area contributed by atoms with Crippen LogP contribution in [0.25, 0.3) is 54.8 Å². The molecular formula is C33H19N3O2. The van der Waals surface area contributed by atoms with Gasteiger partial charge in [0.25, 0.3) is 11.8 Å². The Bertz CT molecular complexity index is 1980. The van der Waals surface area contributed by atoms with Crippen molar-refractivity contribution in [3.63, 3.8) is 0 Å². The third-order valence-corrected chi connectivity index (χ3v) is 7.05. The first-order valence-electron chi connectivity index (χ1n) is 12.4. The van der Waals surface area contributed by atoms with Crippen LogP contribution >= 0.6 is 0 Å². The monoisotopic (exact) mass is 489 g/mol. The fourth-order valence-corrected chi connectivity index (χ4v) is 5.41. The van der Waals surface area contributed by atoms with Crippen LogP contribution in [0.3, 0.4) is 0 Å².